The summed E-state index contributed by atoms with van der Waals surface area (Å²) in [7, 11) is 0. The van der Waals surface area contributed by atoms with E-state index in [1.54, 1.807) is 0 Å². The van der Waals surface area contributed by atoms with Crippen molar-refractivity contribution in [3.8, 4) is 5.75 Å². The first-order valence-electron chi connectivity index (χ1n) is 7.32. The Morgan fingerprint density at radius 2 is 2.10 bits per heavy atom. The highest BCUT2D eigenvalue weighted by Gasteiger charge is 2.34. The standard InChI is InChI=1S/C16H22N2OS/c1-16(15(17)20)6-8-18(9-7-16)10-12-11-19-14-5-3-2-4-13(12)14/h2-5,12H,6-11H2,1H3,(H2,17,20). The lowest BCUT2D eigenvalue weighted by Gasteiger charge is -2.39. The van der Waals surface area contributed by atoms with Crippen LogP contribution in [0.1, 0.15) is 31.2 Å². The monoisotopic (exact) mass is 290 g/mol. The normalized spacial score (nSPS) is 24.9. The van der Waals surface area contributed by atoms with Gasteiger partial charge in [0.2, 0.25) is 0 Å². The summed E-state index contributed by atoms with van der Waals surface area (Å²) in [5.41, 5.74) is 7.27. The summed E-state index contributed by atoms with van der Waals surface area (Å²) >= 11 is 5.20. The summed E-state index contributed by atoms with van der Waals surface area (Å²) in [5.74, 6) is 1.56. The van der Waals surface area contributed by atoms with Crippen LogP contribution in [-0.2, 0) is 0 Å². The van der Waals surface area contributed by atoms with Gasteiger partial charge < -0.3 is 15.4 Å². The summed E-state index contributed by atoms with van der Waals surface area (Å²) in [5, 5.41) is 0. The fourth-order valence-electron chi connectivity index (χ4n) is 3.17. The maximum atomic E-state index is 5.87. The molecule has 0 spiro atoms. The van der Waals surface area contributed by atoms with Crippen molar-refractivity contribution < 1.29 is 4.74 Å². The second-order valence-electron chi connectivity index (χ2n) is 6.27. The number of hydrogen-bond donors (Lipinski definition) is 1. The number of nitrogens with zero attached hydrogens (tertiary/aromatic N) is 1. The molecule has 0 aromatic heterocycles. The first-order valence-corrected chi connectivity index (χ1v) is 7.73. The topological polar surface area (TPSA) is 38.5 Å². The van der Waals surface area contributed by atoms with Crippen LogP contribution in [0.4, 0.5) is 0 Å². The zero-order chi connectivity index (χ0) is 14.2. The van der Waals surface area contributed by atoms with E-state index in [2.05, 4.69) is 30.0 Å². The lowest BCUT2D eigenvalue weighted by atomic mass is 9.80. The summed E-state index contributed by atoms with van der Waals surface area (Å²) in [4.78, 5) is 3.20. The Morgan fingerprint density at radius 3 is 2.80 bits per heavy atom. The number of nitrogens with two attached hydrogens (primary N) is 1. The molecule has 4 heteroatoms. The van der Waals surface area contributed by atoms with Crippen LogP contribution < -0.4 is 10.5 Å². The number of benzene rings is 1. The number of para-hydroxylation sites is 1. The molecule has 3 nitrogen and oxygen atoms in total. The van der Waals surface area contributed by atoms with Gasteiger partial charge in [-0.2, -0.15) is 0 Å². The molecule has 0 bridgehead atoms. The largest absolute Gasteiger partial charge is 0.493 e. The molecule has 20 heavy (non-hydrogen) atoms. The van der Waals surface area contributed by atoms with Gasteiger partial charge in [-0.05, 0) is 32.0 Å². The number of ether oxygens (including phenoxy) is 1. The number of piperidine rings is 1. The lowest BCUT2D eigenvalue weighted by molar-refractivity contribution is 0.150. The molecule has 1 atom stereocenters. The third kappa shape index (κ3) is 2.54. The summed E-state index contributed by atoms with van der Waals surface area (Å²) in [6.45, 7) is 6.23. The number of fused-ring (bicyclic) bond motifs is 1. The molecule has 0 saturated carbocycles. The number of rotatable bonds is 3. The molecule has 2 N–H and O–H groups in total. The van der Waals surface area contributed by atoms with E-state index >= 15 is 0 Å². The number of thiocarbonyl (C=S) groups is 1. The van der Waals surface area contributed by atoms with Gasteiger partial charge in [-0.1, -0.05) is 37.3 Å². The van der Waals surface area contributed by atoms with Crippen LogP contribution in [0, 0.1) is 5.41 Å². The molecule has 2 aliphatic heterocycles. The molecule has 1 fully saturated rings. The molecule has 0 amide bonds. The van der Waals surface area contributed by atoms with Gasteiger partial charge in [-0.3, -0.25) is 0 Å². The molecular formula is C16H22N2OS. The van der Waals surface area contributed by atoms with Crippen molar-refractivity contribution >= 4 is 17.2 Å². The third-order valence-electron chi connectivity index (χ3n) is 4.83. The molecule has 3 rings (SSSR count). The molecule has 1 aromatic rings. The minimum absolute atomic E-state index is 0.0515. The average Bonchev–Trinajstić information content (AvgIpc) is 2.85. The molecule has 0 radical (unpaired) electrons. The number of hydrogen-bond acceptors (Lipinski definition) is 3. The van der Waals surface area contributed by atoms with E-state index in [1.165, 1.54) is 5.56 Å². The van der Waals surface area contributed by atoms with Crippen LogP contribution in [0.25, 0.3) is 0 Å². The Balaban J connectivity index is 1.60. The van der Waals surface area contributed by atoms with E-state index in [-0.39, 0.29) is 5.41 Å². The Labute approximate surface area is 126 Å². The van der Waals surface area contributed by atoms with Crippen molar-refractivity contribution in [3.63, 3.8) is 0 Å². The quantitative estimate of drug-likeness (QED) is 0.868. The fraction of sp³-hybridized carbons (Fsp3) is 0.562. The van der Waals surface area contributed by atoms with Gasteiger partial charge >= 0.3 is 0 Å². The highest BCUT2D eigenvalue weighted by molar-refractivity contribution is 7.80. The number of likely N-dealkylation sites (tertiary alicyclic amines) is 1. The minimum atomic E-state index is 0.0515. The summed E-state index contributed by atoms with van der Waals surface area (Å²) in [6, 6.07) is 8.39. The predicted octanol–water partition coefficient (Wildman–Crippen LogP) is 2.55. The molecular weight excluding hydrogens is 268 g/mol. The fourth-order valence-corrected chi connectivity index (χ4v) is 3.37. The molecule has 108 valence electrons. The van der Waals surface area contributed by atoms with E-state index < -0.39 is 0 Å². The van der Waals surface area contributed by atoms with Crippen molar-refractivity contribution in [1.29, 1.82) is 0 Å². The predicted molar refractivity (Wildman–Crippen MR) is 85.2 cm³/mol. The second kappa shape index (κ2) is 5.34. The average molecular weight is 290 g/mol. The Hall–Kier alpha value is -1.13. The van der Waals surface area contributed by atoms with Crippen molar-refractivity contribution in [2.24, 2.45) is 11.1 Å². The van der Waals surface area contributed by atoms with E-state index in [0.29, 0.717) is 10.9 Å². The van der Waals surface area contributed by atoms with Crippen LogP contribution >= 0.6 is 12.2 Å². The van der Waals surface area contributed by atoms with Crippen LogP contribution in [0.5, 0.6) is 5.75 Å². The van der Waals surface area contributed by atoms with Crippen molar-refractivity contribution in [1.82, 2.24) is 4.90 Å². The molecule has 0 aliphatic carbocycles. The maximum Gasteiger partial charge on any atom is 0.122 e. The van der Waals surface area contributed by atoms with Crippen LogP contribution in [-0.4, -0.2) is 36.1 Å². The van der Waals surface area contributed by atoms with Gasteiger partial charge in [0.15, 0.2) is 0 Å². The van der Waals surface area contributed by atoms with Crippen LogP contribution in [0.3, 0.4) is 0 Å². The van der Waals surface area contributed by atoms with E-state index in [9.17, 15) is 0 Å². The molecule has 1 aromatic carbocycles. The smallest absolute Gasteiger partial charge is 0.122 e. The van der Waals surface area contributed by atoms with Gasteiger partial charge in [0.1, 0.15) is 5.75 Å². The van der Waals surface area contributed by atoms with Gasteiger partial charge in [0, 0.05) is 23.4 Å². The molecule has 2 heterocycles. The van der Waals surface area contributed by atoms with E-state index in [1.807, 2.05) is 6.07 Å². The highest BCUT2D eigenvalue weighted by atomic mass is 32.1. The molecule has 1 unspecified atom stereocenters. The van der Waals surface area contributed by atoms with E-state index in [4.69, 9.17) is 22.7 Å². The van der Waals surface area contributed by atoms with Crippen molar-refractivity contribution in [3.05, 3.63) is 29.8 Å². The van der Waals surface area contributed by atoms with Crippen molar-refractivity contribution in [2.45, 2.75) is 25.7 Å². The van der Waals surface area contributed by atoms with Crippen LogP contribution in [0.15, 0.2) is 24.3 Å². The Bertz CT molecular complexity index is 509. The Morgan fingerprint density at radius 1 is 1.40 bits per heavy atom. The van der Waals surface area contributed by atoms with Crippen molar-refractivity contribution in [2.75, 3.05) is 26.2 Å². The van der Waals surface area contributed by atoms with Gasteiger partial charge in [-0.25, -0.2) is 0 Å². The first-order chi connectivity index (χ1) is 9.58. The van der Waals surface area contributed by atoms with Crippen LogP contribution in [0.2, 0.25) is 0 Å². The summed E-state index contributed by atoms with van der Waals surface area (Å²) < 4.78 is 5.76. The maximum absolute atomic E-state index is 5.87. The molecule has 1 saturated heterocycles. The zero-order valence-corrected chi connectivity index (χ0v) is 12.8. The zero-order valence-electron chi connectivity index (χ0n) is 12.0. The minimum Gasteiger partial charge on any atom is -0.493 e. The van der Waals surface area contributed by atoms with Gasteiger partial charge in [0.25, 0.3) is 0 Å². The molecule has 2 aliphatic rings. The van der Waals surface area contributed by atoms with Gasteiger partial charge in [-0.15, -0.1) is 0 Å². The SMILES string of the molecule is CC1(C(N)=S)CCN(CC2COc3ccccc32)CC1. The van der Waals surface area contributed by atoms with Gasteiger partial charge in [0.05, 0.1) is 11.6 Å². The highest BCUT2D eigenvalue weighted by Crippen LogP contribution is 2.36. The van der Waals surface area contributed by atoms with E-state index in [0.717, 1.165) is 44.8 Å². The summed E-state index contributed by atoms with van der Waals surface area (Å²) in [6.07, 6.45) is 2.13. The lowest BCUT2D eigenvalue weighted by Crippen LogP contribution is -2.45. The Kier molecular flexibility index (Phi) is 3.69. The first kappa shape index (κ1) is 13.8. The second-order valence-corrected chi connectivity index (χ2v) is 6.71. The third-order valence-corrected chi connectivity index (χ3v) is 5.32.